The fourth-order valence-electron chi connectivity index (χ4n) is 1.94. The van der Waals surface area contributed by atoms with Crippen LogP contribution in [-0.2, 0) is 0 Å². The molecule has 0 aliphatic heterocycles. The van der Waals surface area contributed by atoms with Gasteiger partial charge in [-0.25, -0.2) is 4.98 Å². The zero-order valence-corrected chi connectivity index (χ0v) is 11.0. The van der Waals surface area contributed by atoms with Gasteiger partial charge in [0.2, 0.25) is 0 Å². The van der Waals surface area contributed by atoms with Gasteiger partial charge in [0.1, 0.15) is 0 Å². The second-order valence-corrected chi connectivity index (χ2v) is 4.52. The molecule has 0 saturated heterocycles. The Balaban J connectivity index is 1.93. The van der Waals surface area contributed by atoms with Gasteiger partial charge in [0.15, 0.2) is 0 Å². The molecule has 0 aliphatic rings. The second-order valence-electron chi connectivity index (χ2n) is 4.52. The van der Waals surface area contributed by atoms with E-state index in [2.05, 4.69) is 29.0 Å². The Morgan fingerprint density at radius 2 is 1.94 bits per heavy atom. The number of nitrogens with zero attached hydrogens (tertiary/aromatic N) is 2. The Morgan fingerprint density at radius 3 is 2.83 bits per heavy atom. The van der Waals surface area contributed by atoms with Gasteiger partial charge in [0, 0.05) is 18.1 Å². The third-order valence-electron chi connectivity index (χ3n) is 2.98. The fraction of sp³-hybridized carbons (Fsp3) is 0.375. The van der Waals surface area contributed by atoms with Crippen molar-refractivity contribution in [1.82, 2.24) is 4.98 Å². The quantitative estimate of drug-likeness (QED) is 0.548. The van der Waals surface area contributed by atoms with Crippen LogP contribution in [0.3, 0.4) is 0 Å². The zero-order valence-electron chi connectivity index (χ0n) is 11.0. The molecule has 94 valence electrons. The lowest BCUT2D eigenvalue weighted by Gasteiger charge is -1.98. The third kappa shape index (κ3) is 3.66. The molecule has 2 heteroatoms. The molecule has 18 heavy (non-hydrogen) atoms. The molecule has 0 radical (unpaired) electrons. The number of aromatic nitrogens is 1. The number of unbranched alkanes of at least 4 members (excludes halogenated alkanes) is 3. The summed E-state index contributed by atoms with van der Waals surface area (Å²) in [5, 5.41) is 1.18. The molecule has 0 unspecified atom stereocenters. The van der Waals surface area contributed by atoms with Crippen molar-refractivity contribution in [1.29, 1.82) is 0 Å². The normalized spacial score (nSPS) is 11.4. The van der Waals surface area contributed by atoms with E-state index in [0.717, 1.165) is 17.8 Å². The summed E-state index contributed by atoms with van der Waals surface area (Å²) in [4.78, 5) is 8.99. The minimum Gasteiger partial charge on any atom is -0.291 e. The van der Waals surface area contributed by atoms with Crippen LogP contribution < -0.4 is 0 Å². The van der Waals surface area contributed by atoms with E-state index in [9.17, 15) is 0 Å². The van der Waals surface area contributed by atoms with Crippen LogP contribution in [0.5, 0.6) is 0 Å². The van der Waals surface area contributed by atoms with E-state index in [1.54, 1.807) is 0 Å². The van der Waals surface area contributed by atoms with Crippen LogP contribution in [0, 0.1) is 0 Å². The maximum Gasteiger partial charge on any atom is 0.0815 e. The summed E-state index contributed by atoms with van der Waals surface area (Å²) in [6.07, 6.45) is 6.93. The molecule has 0 bridgehead atoms. The summed E-state index contributed by atoms with van der Waals surface area (Å²) in [6, 6.07) is 12.3. The van der Waals surface area contributed by atoms with E-state index >= 15 is 0 Å². The lowest BCUT2D eigenvalue weighted by atomic mass is 10.2. The molecule has 1 heterocycles. The summed E-state index contributed by atoms with van der Waals surface area (Å²) in [6.45, 7) is 3.14. The summed E-state index contributed by atoms with van der Waals surface area (Å²) >= 11 is 0. The van der Waals surface area contributed by atoms with E-state index in [1.807, 2.05) is 30.5 Å². The zero-order chi connectivity index (χ0) is 12.6. The highest BCUT2D eigenvalue weighted by molar-refractivity contribution is 5.84. The molecule has 0 saturated carbocycles. The minimum atomic E-state index is 0.911. The molecule has 0 atom stereocenters. The number of benzene rings is 1. The first kappa shape index (κ1) is 12.7. The number of rotatable bonds is 6. The smallest absolute Gasteiger partial charge is 0.0815 e. The number of fused-ring (bicyclic) bond motifs is 1. The second kappa shape index (κ2) is 6.90. The highest BCUT2D eigenvalue weighted by atomic mass is 14.8. The van der Waals surface area contributed by atoms with Crippen molar-refractivity contribution in [2.75, 3.05) is 6.54 Å². The molecule has 1 aromatic heterocycles. The van der Waals surface area contributed by atoms with Crippen LogP contribution in [0.1, 0.15) is 38.3 Å². The molecule has 2 aromatic rings. The van der Waals surface area contributed by atoms with E-state index in [-0.39, 0.29) is 0 Å². The summed E-state index contributed by atoms with van der Waals surface area (Å²) in [5.41, 5.74) is 1.98. The number of hydrogen-bond donors (Lipinski definition) is 0. The van der Waals surface area contributed by atoms with Crippen LogP contribution in [0.4, 0.5) is 0 Å². The predicted molar refractivity (Wildman–Crippen MR) is 78.3 cm³/mol. The first-order valence-electron chi connectivity index (χ1n) is 6.76. The maximum atomic E-state index is 4.56. The van der Waals surface area contributed by atoms with Crippen LogP contribution in [0.2, 0.25) is 0 Å². The maximum absolute atomic E-state index is 4.56. The van der Waals surface area contributed by atoms with E-state index < -0.39 is 0 Å². The number of hydrogen-bond acceptors (Lipinski definition) is 2. The van der Waals surface area contributed by atoms with Crippen molar-refractivity contribution in [3.05, 3.63) is 42.1 Å². The first-order valence-corrected chi connectivity index (χ1v) is 6.76. The summed E-state index contributed by atoms with van der Waals surface area (Å²) in [5.74, 6) is 0. The molecule has 0 aliphatic carbocycles. The lowest BCUT2D eigenvalue weighted by Crippen LogP contribution is -1.90. The molecule has 0 fully saturated rings. The van der Waals surface area contributed by atoms with Gasteiger partial charge >= 0.3 is 0 Å². The topological polar surface area (TPSA) is 25.2 Å². The standard InChI is InChI=1S/C16H20N2/c1-2-3-4-7-12-17-13-15-11-10-14-8-5-6-9-16(14)18-15/h5-6,8-11,13H,2-4,7,12H2,1H3. The van der Waals surface area contributed by atoms with E-state index in [1.165, 1.54) is 31.1 Å². The van der Waals surface area contributed by atoms with E-state index in [0.29, 0.717) is 0 Å². The average Bonchev–Trinajstić information content (AvgIpc) is 2.42. The first-order chi connectivity index (χ1) is 8.90. The van der Waals surface area contributed by atoms with Gasteiger partial charge < -0.3 is 0 Å². The molecular formula is C16H20N2. The van der Waals surface area contributed by atoms with Crippen molar-refractivity contribution >= 4 is 17.1 Å². The predicted octanol–water partition coefficient (Wildman–Crippen LogP) is 4.23. The molecule has 2 rings (SSSR count). The Labute approximate surface area is 109 Å². The molecule has 2 nitrogen and oxygen atoms in total. The Bertz CT molecular complexity index is 517. The minimum absolute atomic E-state index is 0.911. The van der Waals surface area contributed by atoms with Gasteiger partial charge in [-0.2, -0.15) is 0 Å². The highest BCUT2D eigenvalue weighted by Gasteiger charge is 1.94. The van der Waals surface area contributed by atoms with Crippen molar-refractivity contribution in [2.45, 2.75) is 32.6 Å². The molecular weight excluding hydrogens is 220 g/mol. The molecule has 0 spiro atoms. The summed E-state index contributed by atoms with van der Waals surface area (Å²) < 4.78 is 0. The van der Waals surface area contributed by atoms with Crippen LogP contribution >= 0.6 is 0 Å². The SMILES string of the molecule is CCCCCCN=Cc1ccc2ccccc2n1. The molecule has 0 amide bonds. The van der Waals surface area contributed by atoms with Crippen molar-refractivity contribution < 1.29 is 0 Å². The van der Waals surface area contributed by atoms with Crippen molar-refractivity contribution in [3.8, 4) is 0 Å². The number of para-hydroxylation sites is 1. The summed E-state index contributed by atoms with van der Waals surface area (Å²) in [7, 11) is 0. The number of aliphatic imine (C=N–C) groups is 1. The van der Waals surface area contributed by atoms with Crippen molar-refractivity contribution in [2.24, 2.45) is 4.99 Å². The third-order valence-corrected chi connectivity index (χ3v) is 2.98. The molecule has 0 N–H and O–H groups in total. The lowest BCUT2D eigenvalue weighted by molar-refractivity contribution is 0.676. The van der Waals surface area contributed by atoms with Crippen LogP contribution in [-0.4, -0.2) is 17.7 Å². The van der Waals surface area contributed by atoms with Gasteiger partial charge in [0.25, 0.3) is 0 Å². The Kier molecular flexibility index (Phi) is 4.88. The van der Waals surface area contributed by atoms with E-state index in [4.69, 9.17) is 0 Å². The van der Waals surface area contributed by atoms with Gasteiger partial charge in [-0.3, -0.25) is 4.99 Å². The molecule has 1 aromatic carbocycles. The van der Waals surface area contributed by atoms with Crippen molar-refractivity contribution in [3.63, 3.8) is 0 Å². The number of pyridine rings is 1. The Morgan fingerprint density at radius 1 is 1.06 bits per heavy atom. The largest absolute Gasteiger partial charge is 0.291 e. The van der Waals surface area contributed by atoms with Crippen LogP contribution in [0.25, 0.3) is 10.9 Å². The van der Waals surface area contributed by atoms with Gasteiger partial charge in [0.05, 0.1) is 11.2 Å². The monoisotopic (exact) mass is 240 g/mol. The Hall–Kier alpha value is -1.70. The van der Waals surface area contributed by atoms with Crippen LogP contribution in [0.15, 0.2) is 41.4 Å². The van der Waals surface area contributed by atoms with Gasteiger partial charge in [-0.1, -0.05) is 50.5 Å². The highest BCUT2D eigenvalue weighted by Crippen LogP contribution is 2.10. The van der Waals surface area contributed by atoms with Gasteiger partial charge in [-0.15, -0.1) is 0 Å². The fourth-order valence-corrected chi connectivity index (χ4v) is 1.94. The average molecular weight is 240 g/mol. The van der Waals surface area contributed by atoms with Gasteiger partial charge in [-0.05, 0) is 18.6 Å².